The molecule has 1 amide bonds. The number of ether oxygens (including phenoxy) is 2. The van der Waals surface area contributed by atoms with Crippen molar-refractivity contribution in [1.82, 2.24) is 14.9 Å². The fourth-order valence-corrected chi connectivity index (χ4v) is 3.04. The zero-order valence-electron chi connectivity index (χ0n) is 14.9. The van der Waals surface area contributed by atoms with E-state index in [0.29, 0.717) is 36.8 Å². The van der Waals surface area contributed by atoms with Gasteiger partial charge in [-0.3, -0.25) is 4.79 Å². The van der Waals surface area contributed by atoms with Crippen LogP contribution in [0.4, 0.5) is 0 Å². The summed E-state index contributed by atoms with van der Waals surface area (Å²) >= 11 is 0. The number of hydrogen-bond acceptors (Lipinski definition) is 4. The summed E-state index contributed by atoms with van der Waals surface area (Å²) < 4.78 is 13.3. The molecule has 1 aliphatic rings. The second kappa shape index (κ2) is 7.95. The third-order valence-corrected chi connectivity index (χ3v) is 4.48. The summed E-state index contributed by atoms with van der Waals surface area (Å²) in [6.45, 7) is 2.40. The lowest BCUT2D eigenvalue weighted by molar-refractivity contribution is 0.0950. The van der Waals surface area contributed by atoms with Crippen LogP contribution in [0.25, 0.3) is 0 Å². The lowest BCUT2D eigenvalue weighted by Crippen LogP contribution is -2.23. The first kappa shape index (κ1) is 17.1. The van der Waals surface area contributed by atoms with Crippen LogP contribution in [-0.4, -0.2) is 28.7 Å². The molecule has 0 saturated carbocycles. The van der Waals surface area contributed by atoms with E-state index in [1.165, 1.54) is 0 Å². The Morgan fingerprint density at radius 2 is 1.89 bits per heavy atom. The van der Waals surface area contributed by atoms with Crippen molar-refractivity contribution >= 4 is 5.91 Å². The van der Waals surface area contributed by atoms with E-state index in [9.17, 15) is 4.79 Å². The minimum absolute atomic E-state index is 0.136. The van der Waals surface area contributed by atoms with Gasteiger partial charge in [-0.15, -0.1) is 0 Å². The number of hydrogen-bond donors (Lipinski definition) is 1. The highest BCUT2D eigenvalue weighted by molar-refractivity contribution is 5.94. The topological polar surface area (TPSA) is 65.4 Å². The van der Waals surface area contributed by atoms with Crippen molar-refractivity contribution in [2.24, 2.45) is 0 Å². The molecule has 1 aliphatic heterocycles. The van der Waals surface area contributed by atoms with E-state index < -0.39 is 0 Å². The number of nitrogens with zero attached hydrogens (tertiary/aromatic N) is 2. The maximum atomic E-state index is 12.6. The average molecular weight is 363 g/mol. The summed E-state index contributed by atoms with van der Waals surface area (Å²) in [6, 6.07) is 13.4. The van der Waals surface area contributed by atoms with Gasteiger partial charge in [-0.2, -0.15) is 0 Å². The molecule has 2 heterocycles. The number of carbonyl (C=O) groups is 1. The Hall–Kier alpha value is -3.28. The van der Waals surface area contributed by atoms with E-state index in [1.54, 1.807) is 30.7 Å². The molecule has 0 atom stereocenters. The van der Waals surface area contributed by atoms with Gasteiger partial charge >= 0.3 is 0 Å². The molecule has 0 unspecified atom stereocenters. The first-order valence-electron chi connectivity index (χ1n) is 9.00. The minimum atomic E-state index is -0.136. The highest BCUT2D eigenvalue weighted by Gasteiger charge is 2.14. The molecule has 0 aliphatic carbocycles. The normalized spacial score (nSPS) is 13.0. The number of amides is 1. The van der Waals surface area contributed by atoms with Gasteiger partial charge in [0, 0.05) is 37.5 Å². The quantitative estimate of drug-likeness (QED) is 0.757. The number of carbonyl (C=O) groups excluding carboxylic acids is 1. The smallest absolute Gasteiger partial charge is 0.251 e. The number of nitrogens with one attached hydrogen (secondary N) is 1. The van der Waals surface area contributed by atoms with Gasteiger partial charge < -0.3 is 19.4 Å². The zero-order chi connectivity index (χ0) is 18.5. The summed E-state index contributed by atoms with van der Waals surface area (Å²) in [6.07, 6.45) is 6.30. The Balaban J connectivity index is 1.45. The van der Waals surface area contributed by atoms with Gasteiger partial charge in [0.15, 0.2) is 11.5 Å². The molecule has 3 aromatic rings. The molecule has 0 fully saturated rings. The van der Waals surface area contributed by atoms with Crippen LogP contribution in [0.2, 0.25) is 0 Å². The van der Waals surface area contributed by atoms with Crippen molar-refractivity contribution in [2.45, 2.75) is 19.5 Å². The van der Waals surface area contributed by atoms with Gasteiger partial charge in [0.05, 0.1) is 19.5 Å². The van der Waals surface area contributed by atoms with Crippen molar-refractivity contribution in [2.75, 3.05) is 13.2 Å². The summed E-state index contributed by atoms with van der Waals surface area (Å²) in [5.41, 5.74) is 2.79. The fraction of sp³-hybridized carbons (Fsp3) is 0.238. The van der Waals surface area contributed by atoms with Crippen LogP contribution < -0.4 is 14.8 Å². The largest absolute Gasteiger partial charge is 0.490 e. The van der Waals surface area contributed by atoms with Gasteiger partial charge in [-0.25, -0.2) is 4.98 Å². The molecule has 6 nitrogen and oxygen atoms in total. The summed E-state index contributed by atoms with van der Waals surface area (Å²) in [5, 5.41) is 3.00. The molecule has 1 aromatic heterocycles. The van der Waals surface area contributed by atoms with E-state index in [4.69, 9.17) is 9.47 Å². The first-order valence-corrected chi connectivity index (χ1v) is 9.00. The molecule has 6 heteroatoms. The predicted octanol–water partition coefficient (Wildman–Crippen LogP) is 3.02. The van der Waals surface area contributed by atoms with Crippen molar-refractivity contribution < 1.29 is 14.3 Å². The molecular formula is C21H21N3O3. The van der Waals surface area contributed by atoms with E-state index in [1.807, 2.05) is 29.0 Å². The molecule has 0 spiro atoms. The summed E-state index contributed by atoms with van der Waals surface area (Å²) in [4.78, 5) is 16.7. The number of rotatable bonds is 5. The van der Waals surface area contributed by atoms with Crippen LogP contribution in [0.5, 0.6) is 11.5 Å². The van der Waals surface area contributed by atoms with Gasteiger partial charge in [0.25, 0.3) is 5.91 Å². The third kappa shape index (κ3) is 4.11. The average Bonchev–Trinajstić information content (AvgIpc) is 3.09. The second-order valence-corrected chi connectivity index (χ2v) is 6.40. The monoisotopic (exact) mass is 363 g/mol. The Morgan fingerprint density at radius 3 is 2.70 bits per heavy atom. The molecular weight excluding hydrogens is 342 g/mol. The van der Waals surface area contributed by atoms with E-state index >= 15 is 0 Å². The second-order valence-electron chi connectivity index (χ2n) is 6.40. The van der Waals surface area contributed by atoms with Crippen LogP contribution in [-0.2, 0) is 13.1 Å². The maximum absolute atomic E-state index is 12.6. The first-order chi connectivity index (χ1) is 13.3. The molecule has 1 N–H and O–H groups in total. The maximum Gasteiger partial charge on any atom is 0.251 e. The Bertz CT molecular complexity index is 922. The minimum Gasteiger partial charge on any atom is -0.490 e. The SMILES string of the molecule is O=C(NCc1ccccc1Cn1ccnc1)c1ccc2c(c1)OCCCO2. The number of fused-ring (bicyclic) bond motifs is 1. The Morgan fingerprint density at radius 1 is 1.07 bits per heavy atom. The highest BCUT2D eigenvalue weighted by Crippen LogP contribution is 2.30. The summed E-state index contributed by atoms with van der Waals surface area (Å²) in [7, 11) is 0. The molecule has 2 aromatic carbocycles. The highest BCUT2D eigenvalue weighted by atomic mass is 16.5. The standard InChI is InChI=1S/C21H21N3O3/c25-21(16-6-7-19-20(12-16)27-11-3-10-26-19)23-13-17-4-1-2-5-18(17)14-24-9-8-22-15-24/h1-2,4-9,12,15H,3,10-11,13-14H2,(H,23,25). The molecule has 0 bridgehead atoms. The lowest BCUT2D eigenvalue weighted by atomic mass is 10.1. The molecule has 138 valence electrons. The molecule has 0 saturated heterocycles. The lowest BCUT2D eigenvalue weighted by Gasteiger charge is -2.12. The van der Waals surface area contributed by atoms with Crippen molar-refractivity contribution in [1.29, 1.82) is 0 Å². The van der Waals surface area contributed by atoms with Gasteiger partial charge in [-0.05, 0) is 29.3 Å². The zero-order valence-corrected chi connectivity index (χ0v) is 14.9. The van der Waals surface area contributed by atoms with Gasteiger partial charge in [0.1, 0.15) is 0 Å². The van der Waals surface area contributed by atoms with Crippen LogP contribution in [0.3, 0.4) is 0 Å². The third-order valence-electron chi connectivity index (χ3n) is 4.48. The van der Waals surface area contributed by atoms with Crippen LogP contribution in [0.15, 0.2) is 61.2 Å². The fourth-order valence-electron chi connectivity index (χ4n) is 3.04. The molecule has 0 radical (unpaired) electrons. The van der Waals surface area contributed by atoms with E-state index in [2.05, 4.69) is 16.4 Å². The number of imidazole rings is 1. The van der Waals surface area contributed by atoms with Crippen molar-refractivity contribution in [3.8, 4) is 11.5 Å². The van der Waals surface area contributed by atoms with Gasteiger partial charge in [-0.1, -0.05) is 24.3 Å². The molecule has 27 heavy (non-hydrogen) atoms. The summed E-state index contributed by atoms with van der Waals surface area (Å²) in [5.74, 6) is 1.18. The Kier molecular flexibility index (Phi) is 5.05. The van der Waals surface area contributed by atoms with Crippen LogP contribution in [0, 0.1) is 0 Å². The van der Waals surface area contributed by atoms with Gasteiger partial charge in [0.2, 0.25) is 0 Å². The number of benzene rings is 2. The van der Waals surface area contributed by atoms with Crippen molar-refractivity contribution in [3.63, 3.8) is 0 Å². The van der Waals surface area contributed by atoms with Crippen molar-refractivity contribution in [3.05, 3.63) is 77.9 Å². The Labute approximate surface area is 157 Å². The van der Waals surface area contributed by atoms with Crippen LogP contribution in [0.1, 0.15) is 27.9 Å². The molecule has 4 rings (SSSR count). The predicted molar refractivity (Wildman–Crippen MR) is 101 cm³/mol. The van der Waals surface area contributed by atoms with E-state index in [0.717, 1.165) is 24.1 Å². The number of aromatic nitrogens is 2. The van der Waals surface area contributed by atoms with Crippen LogP contribution >= 0.6 is 0 Å². The van der Waals surface area contributed by atoms with E-state index in [-0.39, 0.29) is 5.91 Å².